The average molecular weight is 327 g/mol. The molecule has 1 atom stereocenters. The fourth-order valence-corrected chi connectivity index (χ4v) is 2.94. The van der Waals surface area contributed by atoms with Crippen LogP contribution in [0.15, 0.2) is 48.5 Å². The van der Waals surface area contributed by atoms with Crippen LogP contribution >= 0.6 is 11.6 Å². The zero-order valence-corrected chi connectivity index (χ0v) is 13.6. The van der Waals surface area contributed by atoms with Crippen molar-refractivity contribution in [3.63, 3.8) is 0 Å². The van der Waals surface area contributed by atoms with Gasteiger partial charge in [-0.3, -0.25) is 0 Å². The number of hydrogen-bond acceptors (Lipinski definition) is 2. The maximum absolute atomic E-state index is 12.3. The van der Waals surface area contributed by atoms with Crippen LogP contribution in [0, 0.1) is 6.92 Å². The molecular formula is C19H17ClNO2. The van der Waals surface area contributed by atoms with Gasteiger partial charge >= 0.3 is 5.97 Å². The monoisotopic (exact) mass is 326 g/mol. The molecule has 1 N–H and O–H groups in total. The first-order chi connectivity index (χ1) is 11.1. The molecule has 0 aliphatic heterocycles. The molecule has 4 heteroatoms. The number of fused-ring (bicyclic) bond motifs is 1. The van der Waals surface area contributed by atoms with E-state index in [0.717, 1.165) is 22.0 Å². The summed E-state index contributed by atoms with van der Waals surface area (Å²) in [5.41, 5.74) is 3.11. The first-order valence-electron chi connectivity index (χ1n) is 7.48. The van der Waals surface area contributed by atoms with Crippen LogP contribution < -0.4 is 0 Å². The van der Waals surface area contributed by atoms with E-state index in [4.69, 9.17) is 16.3 Å². The van der Waals surface area contributed by atoms with Crippen molar-refractivity contribution in [1.29, 1.82) is 0 Å². The Bertz CT molecular complexity index is 839. The number of nitrogens with one attached hydrogen (secondary N) is 1. The second-order valence-corrected chi connectivity index (χ2v) is 5.72. The Kier molecular flexibility index (Phi) is 4.39. The van der Waals surface area contributed by atoms with Gasteiger partial charge in [-0.1, -0.05) is 48.0 Å². The number of aromatic amines is 1. The summed E-state index contributed by atoms with van der Waals surface area (Å²) in [4.78, 5) is 15.5. The van der Waals surface area contributed by atoms with Gasteiger partial charge in [-0.2, -0.15) is 0 Å². The van der Waals surface area contributed by atoms with E-state index in [2.05, 4.69) is 11.9 Å². The van der Waals surface area contributed by atoms with Crippen LogP contribution in [-0.2, 0) is 4.74 Å². The zero-order chi connectivity index (χ0) is 16.4. The van der Waals surface area contributed by atoms with Crippen molar-refractivity contribution in [2.75, 3.05) is 6.61 Å². The maximum atomic E-state index is 12.3. The van der Waals surface area contributed by atoms with E-state index in [1.807, 2.05) is 42.5 Å². The van der Waals surface area contributed by atoms with Crippen LogP contribution in [0.2, 0.25) is 5.02 Å². The summed E-state index contributed by atoms with van der Waals surface area (Å²) in [5, 5.41) is 1.54. The van der Waals surface area contributed by atoms with E-state index in [0.29, 0.717) is 17.3 Å². The van der Waals surface area contributed by atoms with Gasteiger partial charge in [0.1, 0.15) is 5.69 Å². The lowest BCUT2D eigenvalue weighted by Crippen LogP contribution is -2.10. The predicted molar refractivity (Wildman–Crippen MR) is 92.9 cm³/mol. The molecule has 0 saturated carbocycles. The Morgan fingerprint density at radius 2 is 2.00 bits per heavy atom. The van der Waals surface area contributed by atoms with Gasteiger partial charge in [-0.15, -0.1) is 0 Å². The van der Waals surface area contributed by atoms with Crippen LogP contribution in [0.3, 0.4) is 0 Å². The highest BCUT2D eigenvalue weighted by molar-refractivity contribution is 6.31. The lowest BCUT2D eigenvalue weighted by molar-refractivity contribution is 0.0519. The van der Waals surface area contributed by atoms with Crippen LogP contribution in [0.1, 0.15) is 34.5 Å². The number of aromatic nitrogens is 1. The molecule has 1 radical (unpaired) electrons. The lowest BCUT2D eigenvalue weighted by atomic mass is 9.91. The average Bonchev–Trinajstić information content (AvgIpc) is 2.93. The summed E-state index contributed by atoms with van der Waals surface area (Å²) in [6.07, 6.45) is 0. The quantitative estimate of drug-likeness (QED) is 0.688. The maximum Gasteiger partial charge on any atom is 0.355 e. The molecule has 0 aliphatic carbocycles. The van der Waals surface area contributed by atoms with Crippen LogP contribution in [-0.4, -0.2) is 17.6 Å². The van der Waals surface area contributed by atoms with Crippen LogP contribution in [0.25, 0.3) is 10.9 Å². The Morgan fingerprint density at radius 3 is 2.70 bits per heavy atom. The lowest BCUT2D eigenvalue weighted by Gasteiger charge is -2.13. The van der Waals surface area contributed by atoms with Gasteiger partial charge in [0.05, 0.1) is 6.61 Å². The van der Waals surface area contributed by atoms with Crippen molar-refractivity contribution < 1.29 is 9.53 Å². The van der Waals surface area contributed by atoms with Crippen molar-refractivity contribution in [1.82, 2.24) is 4.98 Å². The number of ether oxygens (including phenoxy) is 1. The number of halogens is 1. The molecule has 0 saturated heterocycles. The van der Waals surface area contributed by atoms with Gasteiger partial charge in [-0.05, 0) is 37.1 Å². The number of rotatable bonds is 4. The van der Waals surface area contributed by atoms with Gasteiger partial charge in [0.15, 0.2) is 0 Å². The van der Waals surface area contributed by atoms with E-state index >= 15 is 0 Å². The third kappa shape index (κ3) is 2.97. The summed E-state index contributed by atoms with van der Waals surface area (Å²) in [6.45, 7) is 6.37. The molecule has 0 bridgehead atoms. The van der Waals surface area contributed by atoms with E-state index in [-0.39, 0.29) is 11.9 Å². The Labute approximate surface area is 140 Å². The normalized spacial score (nSPS) is 12.3. The Morgan fingerprint density at radius 1 is 1.26 bits per heavy atom. The topological polar surface area (TPSA) is 42.1 Å². The molecule has 1 aromatic heterocycles. The standard InChI is InChI=1S/C19H17ClNO2/c1-3-23-19(22)18-17(12(2)13-7-5-4-6-8-13)15-10-9-14(20)11-16(15)21-18/h4-12,21H,2-3H2,1H3. The van der Waals surface area contributed by atoms with Gasteiger partial charge in [0.2, 0.25) is 0 Å². The molecule has 0 amide bonds. The second kappa shape index (κ2) is 6.47. The third-order valence-electron chi connectivity index (χ3n) is 3.83. The second-order valence-electron chi connectivity index (χ2n) is 5.29. The van der Waals surface area contributed by atoms with Crippen LogP contribution in [0.5, 0.6) is 0 Å². The zero-order valence-electron chi connectivity index (χ0n) is 12.8. The van der Waals surface area contributed by atoms with Crippen molar-refractivity contribution in [2.24, 2.45) is 0 Å². The first-order valence-corrected chi connectivity index (χ1v) is 7.86. The van der Waals surface area contributed by atoms with E-state index in [1.165, 1.54) is 0 Å². The van der Waals surface area contributed by atoms with E-state index in [1.54, 1.807) is 13.0 Å². The van der Waals surface area contributed by atoms with Crippen molar-refractivity contribution in [3.8, 4) is 0 Å². The number of H-pyrrole nitrogens is 1. The fourth-order valence-electron chi connectivity index (χ4n) is 2.77. The number of hydrogen-bond donors (Lipinski definition) is 1. The Hall–Kier alpha value is -2.26. The van der Waals surface area contributed by atoms with Crippen molar-refractivity contribution in [3.05, 3.63) is 77.3 Å². The SMILES string of the molecule is [CH2]C(c1ccccc1)c1c(C(=O)OCC)[nH]c2cc(Cl)ccc12. The molecule has 3 rings (SSSR count). The highest BCUT2D eigenvalue weighted by atomic mass is 35.5. The predicted octanol–water partition coefficient (Wildman–Crippen LogP) is 4.96. The first kappa shape index (κ1) is 15.6. The summed E-state index contributed by atoms with van der Waals surface area (Å²) in [6, 6.07) is 15.4. The number of esters is 1. The van der Waals surface area contributed by atoms with E-state index < -0.39 is 0 Å². The molecule has 0 aliphatic rings. The number of carbonyl (C=O) groups excluding carboxylic acids is 1. The number of benzene rings is 2. The minimum absolute atomic E-state index is 0.189. The molecule has 1 unspecified atom stereocenters. The fraction of sp³-hybridized carbons (Fsp3) is 0.158. The van der Waals surface area contributed by atoms with Crippen molar-refractivity contribution >= 4 is 28.5 Å². The molecule has 2 aromatic carbocycles. The summed E-state index contributed by atoms with van der Waals surface area (Å²) < 4.78 is 5.18. The highest BCUT2D eigenvalue weighted by Crippen LogP contribution is 2.34. The highest BCUT2D eigenvalue weighted by Gasteiger charge is 2.24. The van der Waals surface area contributed by atoms with Gasteiger partial charge in [0.25, 0.3) is 0 Å². The minimum Gasteiger partial charge on any atom is -0.461 e. The molecule has 0 spiro atoms. The van der Waals surface area contributed by atoms with Gasteiger partial charge < -0.3 is 9.72 Å². The largest absolute Gasteiger partial charge is 0.461 e. The minimum atomic E-state index is -0.376. The smallest absolute Gasteiger partial charge is 0.355 e. The third-order valence-corrected chi connectivity index (χ3v) is 4.07. The molecule has 3 aromatic rings. The summed E-state index contributed by atoms with van der Waals surface area (Å²) >= 11 is 6.07. The van der Waals surface area contributed by atoms with Crippen LogP contribution in [0.4, 0.5) is 0 Å². The van der Waals surface area contributed by atoms with E-state index in [9.17, 15) is 4.79 Å². The van der Waals surface area contributed by atoms with Gasteiger partial charge in [0, 0.05) is 21.8 Å². The Balaban J connectivity index is 2.20. The summed E-state index contributed by atoms with van der Waals surface area (Å²) in [5.74, 6) is -0.565. The molecule has 1 heterocycles. The number of carbonyl (C=O) groups is 1. The van der Waals surface area contributed by atoms with Gasteiger partial charge in [-0.25, -0.2) is 4.79 Å². The summed E-state index contributed by atoms with van der Waals surface area (Å²) in [7, 11) is 0. The molecular weight excluding hydrogens is 310 g/mol. The molecule has 23 heavy (non-hydrogen) atoms. The molecule has 0 fully saturated rings. The molecule has 3 nitrogen and oxygen atoms in total. The molecule has 117 valence electrons. The van der Waals surface area contributed by atoms with Crippen molar-refractivity contribution in [2.45, 2.75) is 12.8 Å².